The van der Waals surface area contributed by atoms with Crippen molar-refractivity contribution in [3.63, 3.8) is 0 Å². The zero-order chi connectivity index (χ0) is 19.6. The molecule has 2 aromatic heterocycles. The van der Waals surface area contributed by atoms with Crippen molar-refractivity contribution in [3.8, 4) is 0 Å². The summed E-state index contributed by atoms with van der Waals surface area (Å²) in [5.74, 6) is 0.295. The Hall–Kier alpha value is -2.54. The van der Waals surface area contributed by atoms with E-state index in [1.807, 2.05) is 26.1 Å². The third-order valence-corrected chi connectivity index (χ3v) is 5.27. The highest BCUT2D eigenvalue weighted by Gasteiger charge is 2.27. The summed E-state index contributed by atoms with van der Waals surface area (Å²) >= 11 is 0. The third kappa shape index (κ3) is 4.08. The Balaban J connectivity index is 1.73. The number of carbonyl (C=O) groups excluding carboxylic acids is 1. The zero-order valence-corrected chi connectivity index (χ0v) is 16.5. The van der Waals surface area contributed by atoms with Crippen molar-refractivity contribution in [2.75, 3.05) is 18.0 Å². The van der Waals surface area contributed by atoms with Crippen LogP contribution in [0.2, 0.25) is 0 Å². The molecule has 0 aliphatic carbocycles. The number of hydrogen-bond acceptors (Lipinski definition) is 6. The van der Waals surface area contributed by atoms with Crippen molar-refractivity contribution >= 4 is 11.7 Å². The maximum Gasteiger partial charge on any atom is 0.286 e. The van der Waals surface area contributed by atoms with Gasteiger partial charge in [0.25, 0.3) is 5.91 Å². The van der Waals surface area contributed by atoms with Crippen LogP contribution in [0.25, 0.3) is 0 Å². The zero-order valence-electron chi connectivity index (χ0n) is 16.5. The summed E-state index contributed by atoms with van der Waals surface area (Å²) < 4.78 is 0. The maximum absolute atomic E-state index is 11.5. The number of amides is 1. The first-order chi connectivity index (χ1) is 12.9. The van der Waals surface area contributed by atoms with E-state index in [1.54, 1.807) is 0 Å². The number of anilines is 1. The van der Waals surface area contributed by atoms with Crippen molar-refractivity contribution in [2.24, 2.45) is 5.73 Å². The van der Waals surface area contributed by atoms with E-state index in [0.717, 1.165) is 48.7 Å². The fourth-order valence-corrected chi connectivity index (χ4v) is 3.69. The van der Waals surface area contributed by atoms with Gasteiger partial charge < -0.3 is 16.0 Å². The Labute approximate surface area is 160 Å². The summed E-state index contributed by atoms with van der Waals surface area (Å²) in [5.41, 5.74) is 9.56. The summed E-state index contributed by atoms with van der Waals surface area (Å²) in [4.78, 5) is 26.9. The minimum absolute atomic E-state index is 0.0824. The number of primary amides is 1. The molecule has 144 valence electrons. The Bertz CT molecular complexity index is 837. The van der Waals surface area contributed by atoms with Crippen LogP contribution in [0.4, 0.5) is 5.82 Å². The number of aryl methyl sites for hydroxylation is 2. The normalized spacial score (nSPS) is 17.9. The van der Waals surface area contributed by atoms with Gasteiger partial charge in [-0.1, -0.05) is 13.0 Å². The lowest BCUT2D eigenvalue weighted by Gasteiger charge is -2.23. The molecular weight excluding hydrogens is 340 g/mol. The van der Waals surface area contributed by atoms with Crippen LogP contribution in [-0.4, -0.2) is 40.0 Å². The largest absolute Gasteiger partial charge is 0.363 e. The summed E-state index contributed by atoms with van der Waals surface area (Å²) in [5, 5.41) is 3.70. The molecule has 3 N–H and O–H groups in total. The topological polar surface area (TPSA) is 97.0 Å². The van der Waals surface area contributed by atoms with Gasteiger partial charge in [0, 0.05) is 42.6 Å². The van der Waals surface area contributed by atoms with Crippen LogP contribution < -0.4 is 16.0 Å². The van der Waals surface area contributed by atoms with E-state index < -0.39 is 5.91 Å². The molecule has 0 radical (unpaired) electrons. The Morgan fingerprint density at radius 3 is 2.89 bits per heavy atom. The molecule has 0 bridgehead atoms. The summed E-state index contributed by atoms with van der Waals surface area (Å²) in [7, 11) is 0. The minimum Gasteiger partial charge on any atom is -0.363 e. The van der Waals surface area contributed by atoms with Crippen LogP contribution in [-0.2, 0) is 6.42 Å². The van der Waals surface area contributed by atoms with E-state index in [0.29, 0.717) is 6.04 Å². The van der Waals surface area contributed by atoms with Gasteiger partial charge in [-0.2, -0.15) is 0 Å². The van der Waals surface area contributed by atoms with Crippen molar-refractivity contribution in [1.82, 2.24) is 20.3 Å². The molecule has 0 aromatic carbocycles. The smallest absolute Gasteiger partial charge is 0.286 e. The van der Waals surface area contributed by atoms with E-state index >= 15 is 0 Å². The second kappa shape index (κ2) is 8.00. The predicted octanol–water partition coefficient (Wildman–Crippen LogP) is 2.08. The van der Waals surface area contributed by atoms with Gasteiger partial charge in [0.2, 0.25) is 5.82 Å². The molecule has 1 unspecified atom stereocenters. The number of carbonyl (C=O) groups is 1. The van der Waals surface area contributed by atoms with Crippen molar-refractivity contribution in [1.29, 1.82) is 0 Å². The van der Waals surface area contributed by atoms with Crippen LogP contribution in [0.5, 0.6) is 0 Å². The first-order valence-electron chi connectivity index (χ1n) is 9.50. The number of nitrogens with one attached hydrogen (secondary N) is 1. The Kier molecular flexibility index (Phi) is 5.70. The first kappa shape index (κ1) is 19.2. The predicted molar refractivity (Wildman–Crippen MR) is 106 cm³/mol. The van der Waals surface area contributed by atoms with Crippen LogP contribution in [0, 0.1) is 13.8 Å². The van der Waals surface area contributed by atoms with Crippen molar-refractivity contribution in [3.05, 3.63) is 46.7 Å². The highest BCUT2D eigenvalue weighted by molar-refractivity contribution is 5.89. The van der Waals surface area contributed by atoms with Crippen LogP contribution in [0.15, 0.2) is 18.3 Å². The molecule has 27 heavy (non-hydrogen) atoms. The summed E-state index contributed by atoms with van der Waals surface area (Å²) in [6.07, 6.45) is 3.83. The minimum atomic E-state index is -0.593. The molecule has 3 rings (SSSR count). The summed E-state index contributed by atoms with van der Waals surface area (Å²) in [6, 6.07) is 4.64. The molecule has 1 amide bonds. The SMILES string of the molecule is CCc1cccnc1C(C)N[C@@H]1CCN(c2nc(C(N)=O)nc(C)c2C)C1. The quantitative estimate of drug-likeness (QED) is 0.810. The second-order valence-electron chi connectivity index (χ2n) is 7.17. The van der Waals surface area contributed by atoms with Gasteiger partial charge >= 0.3 is 0 Å². The lowest BCUT2D eigenvalue weighted by molar-refractivity contribution is 0.0990. The average Bonchev–Trinajstić information content (AvgIpc) is 3.11. The lowest BCUT2D eigenvalue weighted by Crippen LogP contribution is -2.35. The fourth-order valence-electron chi connectivity index (χ4n) is 3.69. The third-order valence-electron chi connectivity index (χ3n) is 5.27. The maximum atomic E-state index is 11.5. The monoisotopic (exact) mass is 368 g/mol. The van der Waals surface area contributed by atoms with Gasteiger partial charge in [0.05, 0.1) is 5.69 Å². The van der Waals surface area contributed by atoms with Crippen molar-refractivity contribution < 1.29 is 4.79 Å². The number of aromatic nitrogens is 3. The Morgan fingerprint density at radius 2 is 2.19 bits per heavy atom. The van der Waals surface area contributed by atoms with Gasteiger partial charge in [-0.15, -0.1) is 0 Å². The molecule has 1 aliphatic heterocycles. The highest BCUT2D eigenvalue weighted by atomic mass is 16.1. The van der Waals surface area contributed by atoms with Gasteiger partial charge in [0.1, 0.15) is 5.82 Å². The molecular formula is C20H28N6O. The molecule has 1 aliphatic rings. The molecule has 0 saturated carbocycles. The number of hydrogen-bond donors (Lipinski definition) is 2. The van der Waals surface area contributed by atoms with E-state index in [1.165, 1.54) is 5.56 Å². The van der Waals surface area contributed by atoms with Crippen LogP contribution in [0.1, 0.15) is 59.4 Å². The molecule has 0 spiro atoms. The number of nitrogens with zero attached hydrogens (tertiary/aromatic N) is 4. The number of rotatable bonds is 6. The van der Waals surface area contributed by atoms with Gasteiger partial charge in [-0.05, 0) is 45.2 Å². The van der Waals surface area contributed by atoms with Crippen LogP contribution in [0.3, 0.4) is 0 Å². The number of pyridine rings is 1. The van der Waals surface area contributed by atoms with E-state index in [2.05, 4.69) is 45.1 Å². The molecule has 1 saturated heterocycles. The molecule has 2 aromatic rings. The van der Waals surface area contributed by atoms with Gasteiger partial charge in [-0.3, -0.25) is 9.78 Å². The van der Waals surface area contributed by atoms with Gasteiger partial charge in [0.15, 0.2) is 0 Å². The standard InChI is InChI=1S/C20H28N6O/c1-5-15-7-6-9-22-17(15)14(4)23-16-8-10-26(11-16)20-12(2)13(3)24-19(25-20)18(21)27/h6-7,9,14,16,23H,5,8,10-11H2,1-4H3,(H2,21,27)/t14?,16-/m1/s1. The fraction of sp³-hybridized carbons (Fsp3) is 0.500. The van der Waals surface area contributed by atoms with E-state index in [-0.39, 0.29) is 11.9 Å². The first-order valence-corrected chi connectivity index (χ1v) is 9.50. The van der Waals surface area contributed by atoms with Crippen LogP contribution >= 0.6 is 0 Å². The molecule has 3 heterocycles. The summed E-state index contributed by atoms with van der Waals surface area (Å²) in [6.45, 7) is 9.89. The van der Waals surface area contributed by atoms with Crippen molar-refractivity contribution in [2.45, 2.75) is 52.6 Å². The second-order valence-corrected chi connectivity index (χ2v) is 7.17. The van der Waals surface area contributed by atoms with E-state index in [9.17, 15) is 4.79 Å². The molecule has 2 atom stereocenters. The Morgan fingerprint density at radius 1 is 1.41 bits per heavy atom. The highest BCUT2D eigenvalue weighted by Crippen LogP contribution is 2.25. The molecule has 7 heteroatoms. The van der Waals surface area contributed by atoms with E-state index in [4.69, 9.17) is 5.73 Å². The number of nitrogens with two attached hydrogens (primary N) is 1. The lowest BCUT2D eigenvalue weighted by atomic mass is 10.1. The molecule has 1 fully saturated rings. The molecule has 7 nitrogen and oxygen atoms in total. The average molecular weight is 368 g/mol. The van der Waals surface area contributed by atoms with Gasteiger partial charge in [-0.25, -0.2) is 9.97 Å².